The van der Waals surface area contributed by atoms with Crippen LogP contribution in [0.15, 0.2) is 54.1 Å². The molecule has 2 atom stereocenters. The SMILES string of the molecule is N#CCOC[C@@H]1CC(c2ccc(-c3ccc(N4C[C@H](Cn5ccnn5)OC4=O)cc3F)cn2)=NO1. The topological polar surface area (TPSA) is 128 Å². The maximum absolute atomic E-state index is 15.0. The van der Waals surface area contributed by atoms with Crippen LogP contribution in [0, 0.1) is 17.1 Å². The number of aromatic nitrogens is 4. The Labute approximate surface area is 199 Å². The summed E-state index contributed by atoms with van der Waals surface area (Å²) >= 11 is 0. The molecule has 2 aliphatic heterocycles. The van der Waals surface area contributed by atoms with E-state index in [2.05, 4.69) is 20.5 Å². The van der Waals surface area contributed by atoms with E-state index in [4.69, 9.17) is 19.6 Å². The maximum Gasteiger partial charge on any atom is 0.414 e. The van der Waals surface area contributed by atoms with Crippen LogP contribution in [0.2, 0.25) is 0 Å². The molecule has 0 spiro atoms. The summed E-state index contributed by atoms with van der Waals surface area (Å²) in [6.45, 7) is 0.905. The van der Waals surface area contributed by atoms with Crippen molar-refractivity contribution in [3.8, 4) is 17.2 Å². The molecule has 2 aliphatic rings. The molecule has 12 heteroatoms. The fraction of sp³-hybridized carbons (Fsp3) is 0.304. The predicted octanol–water partition coefficient (Wildman–Crippen LogP) is 2.54. The van der Waals surface area contributed by atoms with Gasteiger partial charge in [-0.15, -0.1) is 5.10 Å². The number of ether oxygens (including phenoxy) is 2. The number of nitrogens with zero attached hydrogens (tertiary/aromatic N) is 7. The number of hydrogen-bond acceptors (Lipinski definition) is 9. The number of anilines is 1. The minimum absolute atomic E-state index is 0.00495. The van der Waals surface area contributed by atoms with Gasteiger partial charge in [-0.05, 0) is 24.3 Å². The first-order valence-electron chi connectivity index (χ1n) is 10.9. The highest BCUT2D eigenvalue weighted by Gasteiger charge is 2.33. The summed E-state index contributed by atoms with van der Waals surface area (Å²) in [6, 6.07) is 9.99. The van der Waals surface area contributed by atoms with E-state index in [9.17, 15) is 4.79 Å². The fourth-order valence-corrected chi connectivity index (χ4v) is 3.90. The van der Waals surface area contributed by atoms with Crippen LogP contribution in [0.4, 0.5) is 14.9 Å². The van der Waals surface area contributed by atoms with Crippen molar-refractivity contribution in [1.29, 1.82) is 5.26 Å². The van der Waals surface area contributed by atoms with Gasteiger partial charge in [0.15, 0.2) is 6.10 Å². The largest absolute Gasteiger partial charge is 0.442 e. The summed E-state index contributed by atoms with van der Waals surface area (Å²) in [4.78, 5) is 23.4. The standard InChI is InChI=1S/C23H20FN7O4/c24-20-9-16(31-13-18(34-23(31)32)12-30-7-6-27-29-30)2-3-19(20)15-1-4-21(26-11-15)22-10-17(35-28-22)14-33-8-5-25/h1-4,6-7,9,11,17-18H,8,10,12-14H2/t17-,18-/m0/s1. The number of oxime groups is 1. The molecule has 4 heterocycles. The first kappa shape index (κ1) is 22.4. The molecule has 1 aromatic carbocycles. The van der Waals surface area contributed by atoms with Crippen molar-refractivity contribution in [3.05, 3.63) is 60.4 Å². The Morgan fingerprint density at radius 3 is 2.91 bits per heavy atom. The lowest BCUT2D eigenvalue weighted by Crippen LogP contribution is -2.26. The van der Waals surface area contributed by atoms with Gasteiger partial charge in [-0.2, -0.15) is 5.26 Å². The zero-order valence-corrected chi connectivity index (χ0v) is 18.5. The van der Waals surface area contributed by atoms with Crippen molar-refractivity contribution in [2.24, 2.45) is 5.16 Å². The van der Waals surface area contributed by atoms with Gasteiger partial charge in [0.2, 0.25) is 0 Å². The normalized spacial score (nSPS) is 19.3. The number of carbonyl (C=O) groups excluding carboxylic acids is 1. The molecule has 1 saturated heterocycles. The van der Waals surface area contributed by atoms with Gasteiger partial charge >= 0.3 is 6.09 Å². The molecule has 35 heavy (non-hydrogen) atoms. The van der Waals surface area contributed by atoms with Gasteiger partial charge < -0.3 is 14.3 Å². The molecule has 178 valence electrons. The highest BCUT2D eigenvalue weighted by Crippen LogP contribution is 2.29. The van der Waals surface area contributed by atoms with Crippen LogP contribution in [0.1, 0.15) is 12.1 Å². The highest BCUT2D eigenvalue weighted by atomic mass is 19.1. The highest BCUT2D eigenvalue weighted by molar-refractivity contribution is 5.99. The Kier molecular flexibility index (Phi) is 6.32. The van der Waals surface area contributed by atoms with Crippen molar-refractivity contribution in [2.45, 2.75) is 25.2 Å². The summed E-state index contributed by atoms with van der Waals surface area (Å²) in [6.07, 6.45) is 4.08. The number of carbonyl (C=O) groups is 1. The van der Waals surface area contributed by atoms with Gasteiger partial charge in [0.05, 0.1) is 43.3 Å². The van der Waals surface area contributed by atoms with E-state index in [1.165, 1.54) is 11.0 Å². The van der Waals surface area contributed by atoms with E-state index >= 15 is 4.39 Å². The molecule has 1 fully saturated rings. The van der Waals surface area contributed by atoms with Gasteiger partial charge in [0.25, 0.3) is 0 Å². The van der Waals surface area contributed by atoms with Gasteiger partial charge in [-0.25, -0.2) is 13.9 Å². The molecule has 0 saturated carbocycles. The van der Waals surface area contributed by atoms with Crippen molar-refractivity contribution >= 4 is 17.5 Å². The Balaban J connectivity index is 1.24. The summed E-state index contributed by atoms with van der Waals surface area (Å²) in [7, 11) is 0. The maximum atomic E-state index is 15.0. The number of cyclic esters (lactones) is 1. The number of hydrogen-bond donors (Lipinski definition) is 0. The van der Waals surface area contributed by atoms with E-state index in [0.717, 1.165) is 0 Å². The van der Waals surface area contributed by atoms with Gasteiger partial charge in [-0.3, -0.25) is 9.88 Å². The van der Waals surface area contributed by atoms with Crippen LogP contribution < -0.4 is 4.90 Å². The number of nitriles is 1. The van der Waals surface area contributed by atoms with Crippen LogP contribution in [0.3, 0.4) is 0 Å². The summed E-state index contributed by atoms with van der Waals surface area (Å²) < 4.78 is 27.1. The van der Waals surface area contributed by atoms with Crippen molar-refractivity contribution in [3.63, 3.8) is 0 Å². The third kappa shape index (κ3) is 4.95. The molecule has 5 rings (SSSR count). The number of rotatable bonds is 8. The summed E-state index contributed by atoms with van der Waals surface area (Å²) in [5, 5.41) is 20.2. The number of amides is 1. The van der Waals surface area contributed by atoms with E-state index in [-0.39, 0.29) is 25.9 Å². The monoisotopic (exact) mass is 477 g/mol. The lowest BCUT2D eigenvalue weighted by Gasteiger charge is -2.14. The predicted molar refractivity (Wildman–Crippen MR) is 120 cm³/mol. The van der Waals surface area contributed by atoms with Crippen molar-refractivity contribution < 1.29 is 23.5 Å². The lowest BCUT2D eigenvalue weighted by atomic mass is 10.0. The minimum atomic E-state index is -0.538. The Morgan fingerprint density at radius 2 is 2.17 bits per heavy atom. The molecule has 3 aromatic rings. The molecule has 0 N–H and O–H groups in total. The van der Waals surface area contributed by atoms with E-state index in [1.807, 2.05) is 6.07 Å². The lowest BCUT2D eigenvalue weighted by molar-refractivity contribution is 0.0121. The molecule has 1 amide bonds. The average molecular weight is 477 g/mol. The summed E-state index contributed by atoms with van der Waals surface area (Å²) in [5.41, 5.74) is 2.62. The molecule has 0 radical (unpaired) electrons. The molecule has 2 aromatic heterocycles. The molecule has 0 bridgehead atoms. The number of halogens is 1. The zero-order chi connectivity index (χ0) is 24.2. The van der Waals surface area contributed by atoms with Crippen LogP contribution >= 0.6 is 0 Å². The van der Waals surface area contributed by atoms with Crippen LogP contribution in [-0.2, 0) is 20.9 Å². The number of benzene rings is 1. The van der Waals surface area contributed by atoms with Crippen LogP contribution in [0.25, 0.3) is 11.1 Å². The minimum Gasteiger partial charge on any atom is -0.442 e. The van der Waals surface area contributed by atoms with E-state index in [0.29, 0.717) is 41.2 Å². The summed E-state index contributed by atoms with van der Waals surface area (Å²) in [5.74, 6) is -0.485. The van der Waals surface area contributed by atoms with E-state index < -0.39 is 18.0 Å². The van der Waals surface area contributed by atoms with Crippen molar-refractivity contribution in [2.75, 3.05) is 24.7 Å². The average Bonchev–Trinajstić information content (AvgIpc) is 3.62. The zero-order valence-electron chi connectivity index (χ0n) is 18.5. The second kappa shape index (κ2) is 9.86. The molecule has 0 aliphatic carbocycles. The first-order valence-corrected chi connectivity index (χ1v) is 10.9. The second-order valence-corrected chi connectivity index (χ2v) is 7.98. The molecule has 11 nitrogen and oxygen atoms in total. The molecule has 0 unspecified atom stereocenters. The third-order valence-corrected chi connectivity index (χ3v) is 5.57. The first-order chi connectivity index (χ1) is 17.1. The van der Waals surface area contributed by atoms with Gasteiger partial charge in [-0.1, -0.05) is 16.4 Å². The Morgan fingerprint density at radius 1 is 1.26 bits per heavy atom. The van der Waals surface area contributed by atoms with Crippen LogP contribution in [0.5, 0.6) is 0 Å². The van der Waals surface area contributed by atoms with Gasteiger partial charge in [0.1, 0.15) is 24.2 Å². The smallest absolute Gasteiger partial charge is 0.414 e. The second-order valence-electron chi connectivity index (χ2n) is 7.98. The number of pyridine rings is 1. The van der Waals surface area contributed by atoms with Crippen molar-refractivity contribution in [1.82, 2.24) is 20.0 Å². The quantitative estimate of drug-likeness (QED) is 0.453. The van der Waals surface area contributed by atoms with E-state index in [1.54, 1.807) is 47.5 Å². The van der Waals surface area contributed by atoms with Gasteiger partial charge in [0, 0.05) is 29.9 Å². The Bertz CT molecular complexity index is 1270. The fourth-order valence-electron chi connectivity index (χ4n) is 3.90. The molecular formula is C23H20FN7O4. The van der Waals surface area contributed by atoms with Crippen LogP contribution in [-0.4, -0.2) is 63.7 Å². The Hall–Kier alpha value is -4.37. The third-order valence-electron chi connectivity index (χ3n) is 5.57. The molecular weight excluding hydrogens is 457 g/mol.